The lowest BCUT2D eigenvalue weighted by Gasteiger charge is -2.32. The highest BCUT2D eigenvalue weighted by Gasteiger charge is 2.51. The summed E-state index contributed by atoms with van der Waals surface area (Å²) in [5, 5.41) is 4.91. The Kier molecular flexibility index (Phi) is 5.13. The van der Waals surface area contributed by atoms with E-state index < -0.39 is 18.3 Å². The van der Waals surface area contributed by atoms with E-state index in [-0.39, 0.29) is 0 Å². The van der Waals surface area contributed by atoms with Gasteiger partial charge in [-0.25, -0.2) is 0 Å². The molecule has 5 heteroatoms. The molecule has 5 aromatic carbocycles. The van der Waals surface area contributed by atoms with Gasteiger partial charge in [0.05, 0.1) is 39.0 Å². The lowest BCUT2D eigenvalue weighted by Crippen LogP contribution is -2.41. The molecule has 41 heavy (non-hydrogen) atoms. The van der Waals surface area contributed by atoms with Crippen LogP contribution in [0.15, 0.2) is 115 Å². The topological polar surface area (TPSA) is 28.3 Å². The highest BCUT2D eigenvalue weighted by molar-refractivity contribution is 6.62. The number of hydrogen-bond acceptors (Lipinski definition) is 2. The molecule has 1 saturated heterocycles. The summed E-state index contributed by atoms with van der Waals surface area (Å²) in [4.78, 5) is 0. The van der Waals surface area contributed by atoms with Crippen molar-refractivity contribution in [2.24, 2.45) is 0 Å². The van der Waals surface area contributed by atoms with Crippen LogP contribution >= 0.6 is 0 Å². The van der Waals surface area contributed by atoms with Crippen molar-refractivity contribution in [2.75, 3.05) is 0 Å². The lowest BCUT2D eigenvalue weighted by molar-refractivity contribution is 0.00578. The predicted octanol–water partition coefficient (Wildman–Crippen LogP) is 8.18. The second-order valence-corrected chi connectivity index (χ2v) is 12.1. The van der Waals surface area contributed by atoms with Crippen molar-refractivity contribution in [3.05, 3.63) is 115 Å². The van der Waals surface area contributed by atoms with Crippen molar-refractivity contribution < 1.29 is 9.31 Å². The van der Waals surface area contributed by atoms with Crippen LogP contribution < -0.4 is 5.46 Å². The molecule has 4 nitrogen and oxygen atoms in total. The molecular weight excluding hydrogens is 503 g/mol. The number of fused-ring (bicyclic) bond motifs is 6. The standard InChI is InChI=1S/C36H31BN2O2/c1-35(2)36(3,4)41-37(40-35)24-21-22-28-26-15-8-11-19-31(26)39(33(28)23-24)32-20-12-17-29-27-16-9-10-18-30(27)38(34(29)32)25-13-6-5-7-14-25/h5-23H,1-4H3. The Hall–Kier alpha value is -4.32. The number of para-hydroxylation sites is 4. The van der Waals surface area contributed by atoms with Gasteiger partial charge in [-0.2, -0.15) is 0 Å². The van der Waals surface area contributed by atoms with Gasteiger partial charge in [0, 0.05) is 27.2 Å². The third-order valence-electron chi connectivity index (χ3n) is 9.15. The van der Waals surface area contributed by atoms with Crippen molar-refractivity contribution >= 4 is 56.2 Å². The van der Waals surface area contributed by atoms with Crippen LogP contribution in [0.5, 0.6) is 0 Å². The van der Waals surface area contributed by atoms with Gasteiger partial charge in [-0.15, -0.1) is 0 Å². The first kappa shape index (κ1) is 24.5. The van der Waals surface area contributed by atoms with Gasteiger partial charge in [-0.05, 0) is 69.6 Å². The van der Waals surface area contributed by atoms with Gasteiger partial charge < -0.3 is 18.4 Å². The molecule has 8 rings (SSSR count). The van der Waals surface area contributed by atoms with Gasteiger partial charge in [0.1, 0.15) is 0 Å². The van der Waals surface area contributed by atoms with Crippen LogP contribution in [0.4, 0.5) is 0 Å². The zero-order chi connectivity index (χ0) is 27.9. The average molecular weight is 534 g/mol. The van der Waals surface area contributed by atoms with Crippen LogP contribution in [-0.2, 0) is 9.31 Å². The molecule has 7 aromatic rings. The molecule has 0 saturated carbocycles. The van der Waals surface area contributed by atoms with E-state index >= 15 is 0 Å². The Morgan fingerprint density at radius 1 is 0.512 bits per heavy atom. The molecule has 0 N–H and O–H groups in total. The molecule has 0 aliphatic carbocycles. The molecule has 0 bridgehead atoms. The van der Waals surface area contributed by atoms with Crippen LogP contribution in [0.2, 0.25) is 0 Å². The molecular formula is C36H31BN2O2. The lowest BCUT2D eigenvalue weighted by atomic mass is 9.79. The van der Waals surface area contributed by atoms with Crippen LogP contribution in [0.3, 0.4) is 0 Å². The van der Waals surface area contributed by atoms with E-state index in [2.05, 4.69) is 152 Å². The summed E-state index contributed by atoms with van der Waals surface area (Å²) in [6.45, 7) is 8.41. The quantitative estimate of drug-likeness (QED) is 0.214. The maximum absolute atomic E-state index is 6.47. The van der Waals surface area contributed by atoms with Crippen molar-refractivity contribution in [1.29, 1.82) is 0 Å². The van der Waals surface area contributed by atoms with E-state index in [4.69, 9.17) is 9.31 Å². The Labute approximate surface area is 239 Å². The monoisotopic (exact) mass is 534 g/mol. The van der Waals surface area contributed by atoms with Crippen LogP contribution in [0.1, 0.15) is 27.7 Å². The zero-order valence-corrected chi connectivity index (χ0v) is 23.8. The molecule has 0 unspecified atom stereocenters. The average Bonchev–Trinajstić information content (AvgIpc) is 3.57. The summed E-state index contributed by atoms with van der Waals surface area (Å²) in [6, 6.07) is 41.3. The second kappa shape index (κ2) is 8.59. The van der Waals surface area contributed by atoms with Gasteiger partial charge in [0.2, 0.25) is 0 Å². The van der Waals surface area contributed by atoms with E-state index in [1.807, 2.05) is 0 Å². The number of nitrogens with zero attached hydrogens (tertiary/aromatic N) is 2. The maximum atomic E-state index is 6.47. The van der Waals surface area contributed by atoms with E-state index in [1.54, 1.807) is 0 Å². The first-order chi connectivity index (χ1) is 19.8. The maximum Gasteiger partial charge on any atom is 0.494 e. The van der Waals surface area contributed by atoms with Crippen molar-refractivity contribution in [3.8, 4) is 11.4 Å². The zero-order valence-electron chi connectivity index (χ0n) is 23.8. The molecule has 200 valence electrons. The Morgan fingerprint density at radius 2 is 1.07 bits per heavy atom. The van der Waals surface area contributed by atoms with Gasteiger partial charge in [0.15, 0.2) is 0 Å². The second-order valence-electron chi connectivity index (χ2n) is 12.1. The summed E-state index contributed by atoms with van der Waals surface area (Å²) < 4.78 is 17.8. The van der Waals surface area contributed by atoms with E-state index in [1.165, 1.54) is 38.1 Å². The highest BCUT2D eigenvalue weighted by atomic mass is 16.7. The smallest absolute Gasteiger partial charge is 0.399 e. The third kappa shape index (κ3) is 3.49. The summed E-state index contributed by atoms with van der Waals surface area (Å²) in [6.07, 6.45) is 0. The molecule has 0 atom stereocenters. The molecule has 0 amide bonds. The molecule has 2 aromatic heterocycles. The van der Waals surface area contributed by atoms with Crippen LogP contribution in [-0.4, -0.2) is 27.5 Å². The summed E-state index contributed by atoms with van der Waals surface area (Å²) in [5.74, 6) is 0. The minimum Gasteiger partial charge on any atom is -0.399 e. The van der Waals surface area contributed by atoms with E-state index in [0.29, 0.717) is 0 Å². The number of benzene rings is 5. The fourth-order valence-electron chi connectivity index (χ4n) is 6.40. The molecule has 1 fully saturated rings. The minimum absolute atomic E-state index is 0.401. The SMILES string of the molecule is CC1(C)OB(c2ccc3c4ccccc4n(-c4cccc5c6ccccc6n(-c6ccccc6)c45)c3c2)OC1(C)C. The van der Waals surface area contributed by atoms with Crippen molar-refractivity contribution in [2.45, 2.75) is 38.9 Å². The van der Waals surface area contributed by atoms with Crippen LogP contribution in [0, 0.1) is 0 Å². The van der Waals surface area contributed by atoms with Gasteiger partial charge >= 0.3 is 7.12 Å². The van der Waals surface area contributed by atoms with Gasteiger partial charge in [-0.3, -0.25) is 0 Å². The van der Waals surface area contributed by atoms with E-state index in [0.717, 1.165) is 22.4 Å². The number of hydrogen-bond donors (Lipinski definition) is 0. The number of rotatable bonds is 3. The Balaban J connectivity index is 1.47. The molecule has 0 radical (unpaired) electrons. The van der Waals surface area contributed by atoms with Crippen molar-refractivity contribution in [3.63, 3.8) is 0 Å². The number of aromatic nitrogens is 2. The third-order valence-corrected chi connectivity index (χ3v) is 9.15. The first-order valence-corrected chi connectivity index (χ1v) is 14.3. The summed E-state index contributed by atoms with van der Waals surface area (Å²) >= 11 is 0. The van der Waals surface area contributed by atoms with Gasteiger partial charge in [-0.1, -0.05) is 78.9 Å². The van der Waals surface area contributed by atoms with Gasteiger partial charge in [0.25, 0.3) is 0 Å². The minimum atomic E-state index is -0.428. The highest BCUT2D eigenvalue weighted by Crippen LogP contribution is 2.40. The fraction of sp³-hybridized carbons (Fsp3) is 0.167. The predicted molar refractivity (Wildman–Crippen MR) is 171 cm³/mol. The van der Waals surface area contributed by atoms with Crippen molar-refractivity contribution in [1.82, 2.24) is 9.13 Å². The summed E-state index contributed by atoms with van der Waals surface area (Å²) in [7, 11) is -0.428. The molecule has 1 aliphatic rings. The largest absolute Gasteiger partial charge is 0.494 e. The first-order valence-electron chi connectivity index (χ1n) is 14.3. The van der Waals surface area contributed by atoms with E-state index in [9.17, 15) is 0 Å². The molecule has 1 aliphatic heterocycles. The Morgan fingerprint density at radius 3 is 1.78 bits per heavy atom. The fourth-order valence-corrected chi connectivity index (χ4v) is 6.40. The normalized spacial score (nSPS) is 16.4. The summed E-state index contributed by atoms with van der Waals surface area (Å²) in [5.41, 5.74) is 7.19. The van der Waals surface area contributed by atoms with Crippen LogP contribution in [0.25, 0.3) is 55.0 Å². The Bertz CT molecular complexity index is 2100. The molecule has 0 spiro atoms. The molecule has 3 heterocycles.